The second-order valence-electron chi connectivity index (χ2n) is 5.80. The maximum Gasteiger partial charge on any atom is 0.157 e. The predicted molar refractivity (Wildman–Crippen MR) is 70.9 cm³/mol. The normalized spacial score (nSPS) is 41.9. The van der Waals surface area contributed by atoms with Gasteiger partial charge >= 0.3 is 0 Å². The van der Waals surface area contributed by atoms with Gasteiger partial charge in [0.2, 0.25) is 0 Å². The fraction of sp³-hybridized carbons (Fsp3) is 0.733. The molecule has 18 heavy (non-hydrogen) atoms. The molecule has 102 valence electrons. The highest BCUT2D eigenvalue weighted by molar-refractivity contribution is 5.12. The molecule has 0 radical (unpaired) electrons. The number of ether oxygens (including phenoxy) is 1. The van der Waals surface area contributed by atoms with Gasteiger partial charge in [0.25, 0.3) is 0 Å². The SMILES string of the molecule is CC1=CC(O)C2C(CC(C)=CCC1)OC(O)C2C. The van der Waals surface area contributed by atoms with Crippen molar-refractivity contribution in [2.75, 3.05) is 0 Å². The first-order chi connectivity index (χ1) is 8.49. The van der Waals surface area contributed by atoms with E-state index in [1.54, 1.807) is 0 Å². The highest BCUT2D eigenvalue weighted by atomic mass is 16.6. The van der Waals surface area contributed by atoms with Crippen LogP contribution in [0.5, 0.6) is 0 Å². The molecule has 0 bridgehead atoms. The Bertz CT molecular complexity index is 359. The third-order valence-electron chi connectivity index (χ3n) is 4.20. The Morgan fingerprint density at radius 1 is 1.22 bits per heavy atom. The van der Waals surface area contributed by atoms with Crippen LogP contribution in [-0.2, 0) is 4.74 Å². The fourth-order valence-electron chi connectivity index (χ4n) is 3.07. The van der Waals surface area contributed by atoms with Gasteiger partial charge in [0.15, 0.2) is 6.29 Å². The number of aliphatic hydroxyl groups excluding tert-OH is 2. The molecule has 1 heterocycles. The molecule has 1 aliphatic carbocycles. The van der Waals surface area contributed by atoms with Crippen molar-refractivity contribution in [1.82, 2.24) is 0 Å². The van der Waals surface area contributed by atoms with Crippen molar-refractivity contribution in [3.05, 3.63) is 23.3 Å². The summed E-state index contributed by atoms with van der Waals surface area (Å²) in [5, 5.41) is 20.2. The molecule has 2 rings (SSSR count). The topological polar surface area (TPSA) is 49.7 Å². The Balaban J connectivity index is 2.27. The van der Waals surface area contributed by atoms with E-state index in [9.17, 15) is 10.2 Å². The van der Waals surface area contributed by atoms with Crippen molar-refractivity contribution in [2.24, 2.45) is 11.8 Å². The van der Waals surface area contributed by atoms with Gasteiger partial charge in [0, 0.05) is 11.8 Å². The minimum Gasteiger partial charge on any atom is -0.389 e. The first-order valence-electron chi connectivity index (χ1n) is 6.83. The zero-order valence-electron chi connectivity index (χ0n) is 11.5. The average Bonchev–Trinajstić information content (AvgIpc) is 2.53. The maximum atomic E-state index is 10.4. The molecule has 2 aliphatic rings. The summed E-state index contributed by atoms with van der Waals surface area (Å²) in [5.74, 6) is -0.0438. The summed E-state index contributed by atoms with van der Waals surface area (Å²) in [6, 6.07) is 0. The van der Waals surface area contributed by atoms with Crippen LogP contribution < -0.4 is 0 Å². The predicted octanol–water partition coefficient (Wildman–Crippen LogP) is 2.39. The number of allylic oxidation sites excluding steroid dienone is 2. The van der Waals surface area contributed by atoms with Gasteiger partial charge in [-0.05, 0) is 33.1 Å². The quantitative estimate of drug-likeness (QED) is 0.651. The van der Waals surface area contributed by atoms with Gasteiger partial charge in [0.1, 0.15) is 0 Å². The van der Waals surface area contributed by atoms with Crippen LogP contribution in [0.15, 0.2) is 23.3 Å². The van der Waals surface area contributed by atoms with Crippen LogP contribution in [0.2, 0.25) is 0 Å². The van der Waals surface area contributed by atoms with E-state index >= 15 is 0 Å². The van der Waals surface area contributed by atoms with Crippen molar-refractivity contribution in [3.63, 3.8) is 0 Å². The molecule has 1 saturated heterocycles. The van der Waals surface area contributed by atoms with E-state index < -0.39 is 12.4 Å². The third kappa shape index (κ3) is 2.85. The molecular weight excluding hydrogens is 228 g/mol. The molecular formula is C15H24O3. The molecule has 0 aromatic heterocycles. The average molecular weight is 252 g/mol. The highest BCUT2D eigenvalue weighted by Gasteiger charge is 2.44. The summed E-state index contributed by atoms with van der Waals surface area (Å²) in [4.78, 5) is 0. The lowest BCUT2D eigenvalue weighted by Gasteiger charge is -2.25. The molecule has 0 aromatic carbocycles. The van der Waals surface area contributed by atoms with Crippen molar-refractivity contribution in [1.29, 1.82) is 0 Å². The first-order valence-corrected chi connectivity index (χ1v) is 6.83. The van der Waals surface area contributed by atoms with E-state index in [0.29, 0.717) is 0 Å². The lowest BCUT2D eigenvalue weighted by molar-refractivity contribution is -0.105. The molecule has 0 amide bonds. The number of rotatable bonds is 0. The first kappa shape index (κ1) is 13.8. The molecule has 1 aliphatic heterocycles. The van der Waals surface area contributed by atoms with Crippen LogP contribution in [-0.4, -0.2) is 28.7 Å². The molecule has 5 unspecified atom stereocenters. The number of aliphatic hydroxyl groups is 2. The molecule has 0 spiro atoms. The summed E-state index contributed by atoms with van der Waals surface area (Å²) in [6.07, 6.45) is 5.62. The van der Waals surface area contributed by atoms with E-state index in [4.69, 9.17) is 4.74 Å². The smallest absolute Gasteiger partial charge is 0.157 e. The van der Waals surface area contributed by atoms with Gasteiger partial charge in [-0.25, -0.2) is 0 Å². The summed E-state index contributed by atoms with van der Waals surface area (Å²) < 4.78 is 5.61. The van der Waals surface area contributed by atoms with E-state index in [0.717, 1.165) is 19.3 Å². The minimum absolute atomic E-state index is 0.0172. The number of fused-ring (bicyclic) bond motifs is 1. The van der Waals surface area contributed by atoms with Crippen LogP contribution in [0.1, 0.15) is 40.0 Å². The van der Waals surface area contributed by atoms with Gasteiger partial charge < -0.3 is 14.9 Å². The number of hydrogen-bond donors (Lipinski definition) is 2. The molecule has 2 N–H and O–H groups in total. The van der Waals surface area contributed by atoms with Gasteiger partial charge in [-0.15, -0.1) is 0 Å². The van der Waals surface area contributed by atoms with Crippen molar-refractivity contribution < 1.29 is 14.9 Å². The van der Waals surface area contributed by atoms with Crippen LogP contribution in [0.4, 0.5) is 0 Å². The zero-order chi connectivity index (χ0) is 13.3. The van der Waals surface area contributed by atoms with Gasteiger partial charge in [-0.1, -0.05) is 30.2 Å². The zero-order valence-corrected chi connectivity index (χ0v) is 11.5. The fourth-order valence-corrected chi connectivity index (χ4v) is 3.07. The Morgan fingerprint density at radius 3 is 2.67 bits per heavy atom. The molecule has 1 fully saturated rings. The molecule has 0 saturated carbocycles. The standard InChI is InChI=1S/C15H24O3/c1-9-5-4-6-10(2)8-13-14(12(16)7-9)11(3)15(17)18-13/h6-7,11-17H,4-5,8H2,1-3H3. The molecule has 0 aromatic rings. The summed E-state index contributed by atoms with van der Waals surface area (Å²) in [7, 11) is 0. The van der Waals surface area contributed by atoms with Gasteiger partial charge in [-0.2, -0.15) is 0 Å². The van der Waals surface area contributed by atoms with Gasteiger partial charge in [-0.3, -0.25) is 0 Å². The Labute approximate surface area is 109 Å². The van der Waals surface area contributed by atoms with Crippen LogP contribution in [0.25, 0.3) is 0 Å². The molecule has 5 atom stereocenters. The van der Waals surface area contributed by atoms with Crippen LogP contribution in [0, 0.1) is 11.8 Å². The van der Waals surface area contributed by atoms with E-state index in [-0.39, 0.29) is 17.9 Å². The van der Waals surface area contributed by atoms with Crippen LogP contribution in [0.3, 0.4) is 0 Å². The largest absolute Gasteiger partial charge is 0.389 e. The summed E-state index contributed by atoms with van der Waals surface area (Å²) in [6.45, 7) is 6.11. The second kappa shape index (κ2) is 5.55. The van der Waals surface area contributed by atoms with Gasteiger partial charge in [0.05, 0.1) is 12.2 Å². The summed E-state index contributed by atoms with van der Waals surface area (Å²) >= 11 is 0. The van der Waals surface area contributed by atoms with E-state index in [1.807, 2.05) is 13.0 Å². The van der Waals surface area contributed by atoms with Crippen molar-refractivity contribution >= 4 is 0 Å². The Kier molecular flexibility index (Phi) is 4.25. The summed E-state index contributed by atoms with van der Waals surface area (Å²) in [5.41, 5.74) is 2.49. The Hall–Kier alpha value is -0.640. The highest BCUT2D eigenvalue weighted by Crippen LogP contribution is 2.38. The van der Waals surface area contributed by atoms with E-state index in [2.05, 4.69) is 19.9 Å². The molecule has 3 heteroatoms. The maximum absolute atomic E-state index is 10.4. The molecule has 3 nitrogen and oxygen atoms in total. The van der Waals surface area contributed by atoms with Crippen LogP contribution >= 0.6 is 0 Å². The van der Waals surface area contributed by atoms with Crippen molar-refractivity contribution in [3.8, 4) is 0 Å². The lowest BCUT2D eigenvalue weighted by Crippen LogP contribution is -2.31. The Morgan fingerprint density at radius 2 is 1.94 bits per heavy atom. The van der Waals surface area contributed by atoms with Crippen molar-refractivity contribution in [2.45, 2.75) is 58.5 Å². The number of hydrogen-bond acceptors (Lipinski definition) is 3. The monoisotopic (exact) mass is 252 g/mol. The second-order valence-corrected chi connectivity index (χ2v) is 5.80. The van der Waals surface area contributed by atoms with E-state index in [1.165, 1.54) is 11.1 Å². The minimum atomic E-state index is -0.753. The third-order valence-corrected chi connectivity index (χ3v) is 4.20. The lowest BCUT2D eigenvalue weighted by atomic mass is 9.82.